The van der Waals surface area contributed by atoms with Crippen LogP contribution in [0.25, 0.3) is 0 Å². The van der Waals surface area contributed by atoms with E-state index >= 15 is 0 Å². The van der Waals surface area contributed by atoms with Crippen molar-refractivity contribution >= 4 is 5.91 Å². The second kappa shape index (κ2) is 9.42. The van der Waals surface area contributed by atoms with Gasteiger partial charge in [0.1, 0.15) is 11.5 Å². The molecule has 1 unspecified atom stereocenters. The van der Waals surface area contributed by atoms with Gasteiger partial charge >= 0.3 is 0 Å². The van der Waals surface area contributed by atoms with Crippen molar-refractivity contribution in [2.75, 3.05) is 33.4 Å². The average Bonchev–Trinajstić information content (AvgIpc) is 3.24. The maximum atomic E-state index is 12.7. The molecule has 0 aromatic heterocycles. The molecule has 2 aromatic rings. The average molecular weight is 368 g/mol. The molecule has 2 aromatic carbocycles. The van der Waals surface area contributed by atoms with Gasteiger partial charge in [-0.25, -0.2) is 0 Å². The summed E-state index contributed by atoms with van der Waals surface area (Å²) in [5, 5.41) is 3.10. The number of methoxy groups -OCH3 is 1. The summed E-state index contributed by atoms with van der Waals surface area (Å²) in [4.78, 5) is 15.1. The fraction of sp³-hybridized carbons (Fsp3) is 0.409. The molecule has 5 heteroatoms. The number of carbonyl (C=O) groups is 1. The first kappa shape index (κ1) is 19.2. The summed E-state index contributed by atoms with van der Waals surface area (Å²) in [5.74, 6) is 1.36. The van der Waals surface area contributed by atoms with Gasteiger partial charge in [0.25, 0.3) is 5.91 Å². The molecule has 0 radical (unpaired) electrons. The Kier molecular flexibility index (Phi) is 6.71. The fourth-order valence-electron chi connectivity index (χ4n) is 3.58. The monoisotopic (exact) mass is 368 g/mol. The van der Waals surface area contributed by atoms with E-state index in [0.717, 1.165) is 18.8 Å². The lowest BCUT2D eigenvalue weighted by molar-refractivity contribution is 0.0935. The number of amides is 1. The van der Waals surface area contributed by atoms with Crippen LogP contribution >= 0.6 is 0 Å². The predicted octanol–water partition coefficient (Wildman–Crippen LogP) is 3.66. The number of rotatable bonds is 8. The molecule has 1 N–H and O–H groups in total. The van der Waals surface area contributed by atoms with Crippen LogP contribution < -0.4 is 14.8 Å². The van der Waals surface area contributed by atoms with E-state index in [9.17, 15) is 4.79 Å². The number of carbonyl (C=O) groups excluding carboxylic acids is 1. The lowest BCUT2D eigenvalue weighted by atomic mass is 10.0. The Bertz CT molecular complexity index is 739. The summed E-state index contributed by atoms with van der Waals surface area (Å²) in [7, 11) is 1.58. The highest BCUT2D eigenvalue weighted by atomic mass is 16.5. The number of nitrogens with zero attached hydrogens (tertiary/aromatic N) is 1. The number of benzene rings is 2. The number of likely N-dealkylation sites (tertiary alicyclic amines) is 1. The molecule has 0 bridgehead atoms. The van der Waals surface area contributed by atoms with E-state index in [2.05, 4.69) is 22.3 Å². The van der Waals surface area contributed by atoms with Crippen molar-refractivity contribution in [2.24, 2.45) is 0 Å². The van der Waals surface area contributed by atoms with Gasteiger partial charge in [0, 0.05) is 6.54 Å². The third kappa shape index (κ3) is 4.80. The largest absolute Gasteiger partial charge is 0.496 e. The zero-order valence-electron chi connectivity index (χ0n) is 16.1. The molecule has 3 rings (SSSR count). The molecular formula is C22H28N2O3. The van der Waals surface area contributed by atoms with Crippen LogP contribution in [-0.2, 0) is 0 Å². The van der Waals surface area contributed by atoms with Crippen molar-refractivity contribution in [2.45, 2.75) is 25.8 Å². The van der Waals surface area contributed by atoms with E-state index in [1.54, 1.807) is 19.2 Å². The highest BCUT2D eigenvalue weighted by Crippen LogP contribution is 2.26. The summed E-state index contributed by atoms with van der Waals surface area (Å²) in [5.41, 5.74) is 1.76. The third-order valence-corrected chi connectivity index (χ3v) is 4.96. The smallest absolute Gasteiger partial charge is 0.255 e. The van der Waals surface area contributed by atoms with Gasteiger partial charge in [0.15, 0.2) is 0 Å². The van der Waals surface area contributed by atoms with Crippen LogP contribution in [0.2, 0.25) is 0 Å². The van der Waals surface area contributed by atoms with E-state index in [4.69, 9.17) is 9.47 Å². The van der Waals surface area contributed by atoms with E-state index in [0.29, 0.717) is 24.5 Å². The molecule has 1 atom stereocenters. The second-order valence-corrected chi connectivity index (χ2v) is 6.67. The molecule has 0 aliphatic carbocycles. The van der Waals surface area contributed by atoms with Crippen molar-refractivity contribution in [3.8, 4) is 11.5 Å². The van der Waals surface area contributed by atoms with Crippen molar-refractivity contribution in [1.82, 2.24) is 10.2 Å². The van der Waals surface area contributed by atoms with Crippen molar-refractivity contribution in [3.63, 3.8) is 0 Å². The topological polar surface area (TPSA) is 50.8 Å². The molecule has 0 saturated carbocycles. The fourth-order valence-corrected chi connectivity index (χ4v) is 3.58. The Labute approximate surface area is 161 Å². The molecular weight excluding hydrogens is 340 g/mol. The summed E-state index contributed by atoms with van der Waals surface area (Å²) in [6, 6.07) is 15.7. The molecule has 27 heavy (non-hydrogen) atoms. The zero-order chi connectivity index (χ0) is 19.1. The Hall–Kier alpha value is -2.53. The minimum Gasteiger partial charge on any atom is -0.496 e. The maximum Gasteiger partial charge on any atom is 0.255 e. The molecule has 5 nitrogen and oxygen atoms in total. The first-order valence-electron chi connectivity index (χ1n) is 9.61. The number of nitrogens with one attached hydrogen (secondary N) is 1. The first-order valence-corrected chi connectivity index (χ1v) is 9.61. The van der Waals surface area contributed by atoms with Crippen molar-refractivity contribution in [1.29, 1.82) is 0 Å². The van der Waals surface area contributed by atoms with Gasteiger partial charge in [0.2, 0.25) is 0 Å². The van der Waals surface area contributed by atoms with Crippen LogP contribution in [0.4, 0.5) is 0 Å². The van der Waals surface area contributed by atoms with Crippen LogP contribution in [0.1, 0.15) is 41.7 Å². The number of ether oxygens (including phenoxy) is 2. The SMILES string of the molecule is CCOc1ccc(C(CNC(=O)c2ccccc2OC)N2CCCC2)cc1. The first-order chi connectivity index (χ1) is 13.2. The third-order valence-electron chi connectivity index (χ3n) is 4.96. The van der Waals surface area contributed by atoms with Gasteiger partial charge in [-0.1, -0.05) is 24.3 Å². The normalized spacial score (nSPS) is 15.3. The summed E-state index contributed by atoms with van der Waals surface area (Å²) in [6.45, 7) is 5.31. The van der Waals surface area contributed by atoms with E-state index < -0.39 is 0 Å². The van der Waals surface area contributed by atoms with Gasteiger partial charge in [-0.3, -0.25) is 9.69 Å². The predicted molar refractivity (Wildman–Crippen MR) is 106 cm³/mol. The summed E-state index contributed by atoms with van der Waals surface area (Å²) >= 11 is 0. The maximum absolute atomic E-state index is 12.7. The Morgan fingerprint density at radius 1 is 1.11 bits per heavy atom. The molecule has 1 saturated heterocycles. The van der Waals surface area contributed by atoms with Gasteiger partial charge in [-0.2, -0.15) is 0 Å². The highest BCUT2D eigenvalue weighted by Gasteiger charge is 2.24. The van der Waals surface area contributed by atoms with Crippen LogP contribution in [0.15, 0.2) is 48.5 Å². The second-order valence-electron chi connectivity index (χ2n) is 6.67. The lowest BCUT2D eigenvalue weighted by Crippen LogP contribution is -2.36. The Balaban J connectivity index is 1.73. The number of para-hydroxylation sites is 1. The van der Waals surface area contributed by atoms with Gasteiger partial charge in [-0.05, 0) is 62.7 Å². The van der Waals surface area contributed by atoms with Crippen LogP contribution in [-0.4, -0.2) is 44.2 Å². The number of hydrogen-bond donors (Lipinski definition) is 1. The Morgan fingerprint density at radius 3 is 2.48 bits per heavy atom. The standard InChI is InChI=1S/C22H28N2O3/c1-3-27-18-12-10-17(11-13-18)20(24-14-6-7-15-24)16-23-22(25)19-8-4-5-9-21(19)26-2/h4-5,8-13,20H,3,6-7,14-16H2,1-2H3,(H,23,25). The zero-order valence-corrected chi connectivity index (χ0v) is 16.1. The molecule has 0 spiro atoms. The van der Waals surface area contributed by atoms with Crippen LogP contribution in [0.3, 0.4) is 0 Å². The molecule has 1 fully saturated rings. The molecule has 1 amide bonds. The summed E-state index contributed by atoms with van der Waals surface area (Å²) < 4.78 is 10.9. The van der Waals surface area contributed by atoms with Crippen molar-refractivity contribution in [3.05, 3.63) is 59.7 Å². The van der Waals surface area contributed by atoms with E-state index in [1.165, 1.54) is 18.4 Å². The minimum absolute atomic E-state index is 0.109. The quantitative estimate of drug-likeness (QED) is 0.773. The van der Waals surface area contributed by atoms with Gasteiger partial charge < -0.3 is 14.8 Å². The number of hydrogen-bond acceptors (Lipinski definition) is 4. The van der Waals surface area contributed by atoms with Gasteiger partial charge in [0.05, 0.1) is 25.3 Å². The molecule has 1 heterocycles. The van der Waals surface area contributed by atoms with Crippen molar-refractivity contribution < 1.29 is 14.3 Å². The Morgan fingerprint density at radius 2 is 1.81 bits per heavy atom. The molecule has 144 valence electrons. The lowest BCUT2D eigenvalue weighted by Gasteiger charge is -2.28. The molecule has 1 aliphatic heterocycles. The highest BCUT2D eigenvalue weighted by molar-refractivity contribution is 5.96. The van der Waals surface area contributed by atoms with Gasteiger partial charge in [-0.15, -0.1) is 0 Å². The van der Waals surface area contributed by atoms with Crippen LogP contribution in [0.5, 0.6) is 11.5 Å². The van der Waals surface area contributed by atoms with E-state index in [-0.39, 0.29) is 11.9 Å². The summed E-state index contributed by atoms with van der Waals surface area (Å²) in [6.07, 6.45) is 2.40. The van der Waals surface area contributed by atoms with Crippen LogP contribution in [0, 0.1) is 0 Å². The molecule has 1 aliphatic rings. The van der Waals surface area contributed by atoms with E-state index in [1.807, 2.05) is 31.2 Å². The minimum atomic E-state index is -0.109.